The topological polar surface area (TPSA) is 41.6 Å². The largest absolute Gasteiger partial charge is 0.379 e. The molecule has 122 valence electrons. The fourth-order valence-corrected chi connectivity index (χ4v) is 2.69. The van der Waals surface area contributed by atoms with Gasteiger partial charge in [0.15, 0.2) is 0 Å². The number of carbonyl (C=O) groups excluding carboxylic acids is 1. The van der Waals surface area contributed by atoms with E-state index in [4.69, 9.17) is 4.74 Å². The summed E-state index contributed by atoms with van der Waals surface area (Å²) in [4.78, 5) is 14.7. The molecule has 4 nitrogen and oxygen atoms in total. The van der Waals surface area contributed by atoms with E-state index in [0.29, 0.717) is 6.42 Å². The van der Waals surface area contributed by atoms with Crippen molar-refractivity contribution in [1.29, 1.82) is 0 Å². The molecule has 1 fully saturated rings. The van der Waals surface area contributed by atoms with Crippen LogP contribution in [0.1, 0.15) is 38.8 Å². The molecule has 1 N–H and O–H groups in total. The van der Waals surface area contributed by atoms with Gasteiger partial charge in [-0.1, -0.05) is 51.1 Å². The Labute approximate surface area is 133 Å². The lowest BCUT2D eigenvalue weighted by Crippen LogP contribution is -2.43. The Balaban J connectivity index is 2.03. The maximum Gasteiger partial charge on any atom is 0.221 e. The SMILES string of the molecule is CC(C)(C)CC(=O)NC(CN1CCOCC1)c1ccccc1. The lowest BCUT2D eigenvalue weighted by Gasteiger charge is -2.31. The quantitative estimate of drug-likeness (QED) is 0.909. The third-order valence-corrected chi connectivity index (χ3v) is 3.77. The average molecular weight is 304 g/mol. The van der Waals surface area contributed by atoms with Crippen LogP contribution >= 0.6 is 0 Å². The van der Waals surface area contributed by atoms with Crippen LogP contribution < -0.4 is 5.32 Å². The molecule has 0 radical (unpaired) electrons. The third-order valence-electron chi connectivity index (χ3n) is 3.77. The Bertz CT molecular complexity index is 462. The number of rotatable bonds is 5. The second-order valence-electron chi connectivity index (χ2n) is 7.18. The van der Waals surface area contributed by atoms with Gasteiger partial charge in [0.2, 0.25) is 5.91 Å². The molecule has 1 aromatic rings. The molecule has 1 aliphatic heterocycles. The van der Waals surface area contributed by atoms with Crippen LogP contribution in [0.15, 0.2) is 30.3 Å². The molecule has 4 heteroatoms. The molecule has 0 aliphatic carbocycles. The van der Waals surface area contributed by atoms with Gasteiger partial charge in [0.25, 0.3) is 0 Å². The van der Waals surface area contributed by atoms with Crippen molar-refractivity contribution in [3.63, 3.8) is 0 Å². The minimum atomic E-state index is 0.00425. The van der Waals surface area contributed by atoms with Crippen molar-refractivity contribution in [3.8, 4) is 0 Å². The third kappa shape index (κ3) is 5.78. The molecule has 1 aromatic carbocycles. The number of morpholine rings is 1. The van der Waals surface area contributed by atoms with Crippen molar-refractivity contribution in [3.05, 3.63) is 35.9 Å². The molecular formula is C18H28N2O2. The first-order chi connectivity index (χ1) is 10.4. The summed E-state index contributed by atoms with van der Waals surface area (Å²) in [6, 6.07) is 10.3. The highest BCUT2D eigenvalue weighted by molar-refractivity contribution is 5.77. The highest BCUT2D eigenvalue weighted by Gasteiger charge is 2.22. The molecule has 2 rings (SSSR count). The lowest BCUT2D eigenvalue weighted by molar-refractivity contribution is -0.123. The fraction of sp³-hybridized carbons (Fsp3) is 0.611. The Morgan fingerprint density at radius 3 is 2.45 bits per heavy atom. The van der Waals surface area contributed by atoms with Gasteiger partial charge in [0, 0.05) is 26.1 Å². The highest BCUT2D eigenvalue weighted by atomic mass is 16.5. The Morgan fingerprint density at radius 1 is 1.23 bits per heavy atom. The number of hydrogen-bond donors (Lipinski definition) is 1. The van der Waals surface area contributed by atoms with E-state index in [1.165, 1.54) is 0 Å². The van der Waals surface area contributed by atoms with E-state index in [2.05, 4.69) is 43.1 Å². The van der Waals surface area contributed by atoms with Crippen molar-refractivity contribution in [2.75, 3.05) is 32.8 Å². The number of nitrogens with one attached hydrogen (secondary N) is 1. The zero-order chi connectivity index (χ0) is 16.0. The van der Waals surface area contributed by atoms with Gasteiger partial charge in [-0.2, -0.15) is 0 Å². The van der Waals surface area contributed by atoms with Crippen molar-refractivity contribution in [2.45, 2.75) is 33.2 Å². The summed E-state index contributed by atoms with van der Waals surface area (Å²) in [5.41, 5.74) is 1.17. The zero-order valence-electron chi connectivity index (χ0n) is 14.0. The highest BCUT2D eigenvalue weighted by Crippen LogP contribution is 2.20. The second-order valence-corrected chi connectivity index (χ2v) is 7.18. The zero-order valence-corrected chi connectivity index (χ0v) is 14.0. The smallest absolute Gasteiger partial charge is 0.221 e. The van der Waals surface area contributed by atoms with Gasteiger partial charge in [-0.15, -0.1) is 0 Å². The van der Waals surface area contributed by atoms with Gasteiger partial charge in [0.05, 0.1) is 19.3 Å². The van der Waals surface area contributed by atoms with Crippen molar-refractivity contribution < 1.29 is 9.53 Å². The molecule has 1 heterocycles. The molecule has 1 saturated heterocycles. The van der Waals surface area contributed by atoms with Crippen LogP contribution in [0.3, 0.4) is 0 Å². The first-order valence-corrected chi connectivity index (χ1v) is 8.08. The Hall–Kier alpha value is -1.39. The van der Waals surface area contributed by atoms with Crippen molar-refractivity contribution >= 4 is 5.91 Å². The van der Waals surface area contributed by atoms with E-state index in [9.17, 15) is 4.79 Å². The number of nitrogens with zero attached hydrogens (tertiary/aromatic N) is 1. The number of ether oxygens (including phenoxy) is 1. The van der Waals surface area contributed by atoms with E-state index in [1.54, 1.807) is 0 Å². The van der Waals surface area contributed by atoms with Crippen molar-refractivity contribution in [1.82, 2.24) is 10.2 Å². The summed E-state index contributed by atoms with van der Waals surface area (Å²) >= 11 is 0. The van der Waals surface area contributed by atoms with Crippen LogP contribution in [0, 0.1) is 5.41 Å². The predicted octanol–water partition coefficient (Wildman–Crippen LogP) is 2.61. The van der Waals surface area contributed by atoms with Crippen LogP contribution in [-0.2, 0) is 9.53 Å². The minimum absolute atomic E-state index is 0.00425. The van der Waals surface area contributed by atoms with Crippen LogP contribution in [-0.4, -0.2) is 43.7 Å². The molecule has 22 heavy (non-hydrogen) atoms. The molecular weight excluding hydrogens is 276 g/mol. The first kappa shape index (κ1) is 17.0. The van der Waals surface area contributed by atoms with Gasteiger partial charge >= 0.3 is 0 Å². The molecule has 0 bridgehead atoms. The average Bonchev–Trinajstić information content (AvgIpc) is 2.47. The summed E-state index contributed by atoms with van der Waals surface area (Å²) in [6.45, 7) is 10.5. The first-order valence-electron chi connectivity index (χ1n) is 8.08. The van der Waals surface area contributed by atoms with Gasteiger partial charge in [-0.25, -0.2) is 0 Å². The number of benzene rings is 1. The summed E-state index contributed by atoms with van der Waals surface area (Å²) in [7, 11) is 0. The minimum Gasteiger partial charge on any atom is -0.379 e. The Morgan fingerprint density at radius 2 is 1.86 bits per heavy atom. The summed E-state index contributed by atoms with van der Waals surface area (Å²) in [5, 5.41) is 3.22. The van der Waals surface area contributed by atoms with E-state index in [0.717, 1.165) is 38.4 Å². The monoisotopic (exact) mass is 304 g/mol. The van der Waals surface area contributed by atoms with Crippen LogP contribution in [0.5, 0.6) is 0 Å². The van der Waals surface area contributed by atoms with Crippen molar-refractivity contribution in [2.24, 2.45) is 5.41 Å². The second kappa shape index (κ2) is 7.75. The van der Waals surface area contributed by atoms with E-state index in [1.807, 2.05) is 18.2 Å². The van der Waals surface area contributed by atoms with Crippen LogP contribution in [0.25, 0.3) is 0 Å². The summed E-state index contributed by atoms with van der Waals surface area (Å²) in [6.07, 6.45) is 0.541. The predicted molar refractivity (Wildman–Crippen MR) is 88.7 cm³/mol. The van der Waals surface area contributed by atoms with E-state index < -0.39 is 0 Å². The molecule has 0 aromatic heterocycles. The molecule has 1 amide bonds. The van der Waals surface area contributed by atoms with Gasteiger partial charge in [0.1, 0.15) is 0 Å². The normalized spacial score (nSPS) is 18.0. The van der Waals surface area contributed by atoms with E-state index >= 15 is 0 Å². The summed E-state index contributed by atoms with van der Waals surface area (Å²) < 4.78 is 5.40. The maximum atomic E-state index is 12.3. The van der Waals surface area contributed by atoms with Gasteiger partial charge in [-0.05, 0) is 11.0 Å². The standard InChI is InChI=1S/C18H28N2O2/c1-18(2,3)13-17(21)19-16(15-7-5-4-6-8-15)14-20-9-11-22-12-10-20/h4-8,16H,9-14H2,1-3H3,(H,19,21). The number of carbonyl (C=O) groups is 1. The Kier molecular flexibility index (Phi) is 5.98. The van der Waals surface area contributed by atoms with Gasteiger partial charge in [-0.3, -0.25) is 9.69 Å². The fourth-order valence-electron chi connectivity index (χ4n) is 2.69. The maximum absolute atomic E-state index is 12.3. The lowest BCUT2D eigenvalue weighted by atomic mass is 9.91. The molecule has 1 aliphatic rings. The molecule has 0 saturated carbocycles. The molecule has 1 unspecified atom stereocenters. The van der Waals surface area contributed by atoms with Gasteiger partial charge < -0.3 is 10.1 Å². The van der Waals surface area contributed by atoms with Crippen LogP contribution in [0.4, 0.5) is 0 Å². The van der Waals surface area contributed by atoms with E-state index in [-0.39, 0.29) is 17.4 Å². The number of amides is 1. The molecule has 1 atom stereocenters. The number of hydrogen-bond acceptors (Lipinski definition) is 3. The summed E-state index contributed by atoms with van der Waals surface area (Å²) in [5.74, 6) is 0.120. The van der Waals surface area contributed by atoms with Crippen LogP contribution in [0.2, 0.25) is 0 Å². The molecule has 0 spiro atoms.